The van der Waals surface area contributed by atoms with Crippen molar-refractivity contribution in [1.82, 2.24) is 10.6 Å². The number of rotatable bonds is 7. The van der Waals surface area contributed by atoms with Crippen LogP contribution in [0.2, 0.25) is 0 Å². The highest BCUT2D eigenvalue weighted by molar-refractivity contribution is 5.82. The van der Waals surface area contributed by atoms with Gasteiger partial charge in [-0.1, -0.05) is 42.5 Å². The van der Waals surface area contributed by atoms with Crippen molar-refractivity contribution in [2.45, 2.75) is 25.8 Å². The standard InChI is InChI=1S/C15H20N2O3/c1-11(2)10-16-15(20)17-13(14(18)19)9-8-12-6-4-3-5-7-12/h3-7,13H,1,8-10H2,2H3,(H,18,19)(H2,16,17,20)/t13-/m0/s1. The molecule has 0 radical (unpaired) electrons. The quantitative estimate of drug-likeness (QED) is 0.666. The number of nitrogens with one attached hydrogen (secondary N) is 2. The van der Waals surface area contributed by atoms with Crippen molar-refractivity contribution in [2.75, 3.05) is 6.54 Å². The highest BCUT2D eigenvalue weighted by Gasteiger charge is 2.19. The largest absolute Gasteiger partial charge is 0.480 e. The van der Waals surface area contributed by atoms with Gasteiger partial charge < -0.3 is 15.7 Å². The maximum Gasteiger partial charge on any atom is 0.326 e. The van der Waals surface area contributed by atoms with Gasteiger partial charge in [-0.25, -0.2) is 9.59 Å². The summed E-state index contributed by atoms with van der Waals surface area (Å²) in [5, 5.41) is 14.1. The molecule has 0 saturated carbocycles. The van der Waals surface area contributed by atoms with Gasteiger partial charge in [0.15, 0.2) is 0 Å². The van der Waals surface area contributed by atoms with E-state index in [9.17, 15) is 9.59 Å². The number of amides is 2. The highest BCUT2D eigenvalue weighted by atomic mass is 16.4. The number of aryl methyl sites for hydroxylation is 1. The van der Waals surface area contributed by atoms with Crippen LogP contribution in [0.5, 0.6) is 0 Å². The molecule has 5 nitrogen and oxygen atoms in total. The van der Waals surface area contributed by atoms with E-state index in [0.717, 1.165) is 11.1 Å². The van der Waals surface area contributed by atoms with Crippen molar-refractivity contribution in [3.05, 3.63) is 48.0 Å². The molecule has 5 heteroatoms. The van der Waals surface area contributed by atoms with Gasteiger partial charge in [-0.3, -0.25) is 0 Å². The third-order valence-electron chi connectivity index (χ3n) is 2.72. The Morgan fingerprint density at radius 1 is 1.30 bits per heavy atom. The molecule has 3 N–H and O–H groups in total. The molecule has 0 unspecified atom stereocenters. The summed E-state index contributed by atoms with van der Waals surface area (Å²) in [4.78, 5) is 22.7. The molecule has 0 spiro atoms. The molecular formula is C15H20N2O3. The van der Waals surface area contributed by atoms with E-state index in [1.807, 2.05) is 30.3 Å². The molecule has 0 aliphatic carbocycles. The molecule has 0 bridgehead atoms. The molecule has 0 aliphatic heterocycles. The third-order valence-corrected chi connectivity index (χ3v) is 2.72. The van der Waals surface area contributed by atoms with Gasteiger partial charge in [-0.2, -0.15) is 0 Å². The minimum atomic E-state index is -1.04. The zero-order chi connectivity index (χ0) is 15.0. The molecule has 1 rings (SSSR count). The summed E-state index contributed by atoms with van der Waals surface area (Å²) in [6, 6.07) is 8.17. The number of carbonyl (C=O) groups excluding carboxylic acids is 1. The SMILES string of the molecule is C=C(C)CNC(=O)N[C@@H](CCc1ccccc1)C(=O)O. The molecule has 108 valence electrons. The molecule has 0 saturated heterocycles. The molecule has 0 fully saturated rings. The summed E-state index contributed by atoms with van der Waals surface area (Å²) in [5.74, 6) is -1.04. The summed E-state index contributed by atoms with van der Waals surface area (Å²) in [6.45, 7) is 5.77. The van der Waals surface area contributed by atoms with E-state index in [4.69, 9.17) is 5.11 Å². The van der Waals surface area contributed by atoms with Gasteiger partial charge in [0.2, 0.25) is 0 Å². The summed E-state index contributed by atoms with van der Waals surface area (Å²) in [5.41, 5.74) is 1.85. The van der Waals surface area contributed by atoms with E-state index in [2.05, 4.69) is 17.2 Å². The van der Waals surface area contributed by atoms with Gasteiger partial charge in [0.05, 0.1) is 0 Å². The summed E-state index contributed by atoms with van der Waals surface area (Å²) >= 11 is 0. The second-order valence-electron chi connectivity index (χ2n) is 4.70. The van der Waals surface area contributed by atoms with E-state index in [1.165, 1.54) is 0 Å². The maximum absolute atomic E-state index is 11.5. The van der Waals surface area contributed by atoms with Crippen molar-refractivity contribution in [3.63, 3.8) is 0 Å². The van der Waals surface area contributed by atoms with Crippen LogP contribution in [0.25, 0.3) is 0 Å². The molecule has 1 atom stereocenters. The van der Waals surface area contributed by atoms with Crippen LogP contribution in [0, 0.1) is 0 Å². The van der Waals surface area contributed by atoms with Crippen LogP contribution in [-0.4, -0.2) is 29.7 Å². The van der Waals surface area contributed by atoms with Gasteiger partial charge in [0.25, 0.3) is 0 Å². The van der Waals surface area contributed by atoms with Gasteiger partial charge in [0, 0.05) is 6.54 Å². The van der Waals surface area contributed by atoms with Crippen molar-refractivity contribution >= 4 is 12.0 Å². The minimum Gasteiger partial charge on any atom is -0.480 e. The molecule has 1 aromatic carbocycles. The monoisotopic (exact) mass is 276 g/mol. The van der Waals surface area contributed by atoms with Crippen molar-refractivity contribution in [3.8, 4) is 0 Å². The fraction of sp³-hybridized carbons (Fsp3) is 0.333. The number of hydrogen-bond donors (Lipinski definition) is 3. The van der Waals surface area contributed by atoms with Crippen LogP contribution in [0.15, 0.2) is 42.5 Å². The first-order chi connectivity index (χ1) is 9.49. The lowest BCUT2D eigenvalue weighted by Crippen LogP contribution is -2.46. The average Bonchev–Trinajstić information content (AvgIpc) is 2.42. The highest BCUT2D eigenvalue weighted by Crippen LogP contribution is 2.05. The Hall–Kier alpha value is -2.30. The Balaban J connectivity index is 2.46. The molecular weight excluding hydrogens is 256 g/mol. The average molecular weight is 276 g/mol. The third kappa shape index (κ3) is 6.04. The normalized spacial score (nSPS) is 11.4. The number of aliphatic carboxylic acids is 1. The minimum absolute atomic E-state index is 0.330. The molecule has 2 amide bonds. The van der Waals surface area contributed by atoms with Gasteiger partial charge in [-0.15, -0.1) is 0 Å². The van der Waals surface area contributed by atoms with Crippen molar-refractivity contribution in [2.24, 2.45) is 0 Å². The fourth-order valence-electron chi connectivity index (χ4n) is 1.65. The zero-order valence-electron chi connectivity index (χ0n) is 11.6. The Bertz CT molecular complexity index is 471. The Labute approximate surface area is 118 Å². The van der Waals surface area contributed by atoms with Gasteiger partial charge in [-0.05, 0) is 25.3 Å². The Morgan fingerprint density at radius 2 is 1.95 bits per heavy atom. The second-order valence-corrected chi connectivity index (χ2v) is 4.70. The maximum atomic E-state index is 11.5. The first-order valence-corrected chi connectivity index (χ1v) is 6.44. The van der Waals surface area contributed by atoms with Crippen molar-refractivity contribution < 1.29 is 14.7 Å². The zero-order valence-corrected chi connectivity index (χ0v) is 11.6. The number of carboxylic acid groups (broad SMARTS) is 1. The number of urea groups is 1. The molecule has 20 heavy (non-hydrogen) atoms. The lowest BCUT2D eigenvalue weighted by molar-refractivity contribution is -0.139. The Kier molecular flexibility index (Phi) is 6.29. The van der Waals surface area contributed by atoms with Crippen LogP contribution in [0.4, 0.5) is 4.79 Å². The van der Waals surface area contributed by atoms with Crippen LogP contribution in [0.1, 0.15) is 18.9 Å². The summed E-state index contributed by atoms with van der Waals surface area (Å²) in [6.07, 6.45) is 0.943. The molecule has 1 aromatic rings. The van der Waals surface area contributed by atoms with Crippen LogP contribution in [-0.2, 0) is 11.2 Å². The van der Waals surface area contributed by atoms with E-state index in [0.29, 0.717) is 19.4 Å². The number of carboxylic acids is 1. The number of carbonyl (C=O) groups is 2. The summed E-state index contributed by atoms with van der Waals surface area (Å²) in [7, 11) is 0. The molecule has 0 aliphatic rings. The van der Waals surface area contributed by atoms with Crippen LogP contribution >= 0.6 is 0 Å². The topological polar surface area (TPSA) is 78.4 Å². The number of hydrogen-bond acceptors (Lipinski definition) is 2. The lowest BCUT2D eigenvalue weighted by Gasteiger charge is -2.15. The smallest absolute Gasteiger partial charge is 0.326 e. The Morgan fingerprint density at radius 3 is 2.50 bits per heavy atom. The molecule has 0 heterocycles. The lowest BCUT2D eigenvalue weighted by atomic mass is 10.1. The van der Waals surface area contributed by atoms with Crippen molar-refractivity contribution in [1.29, 1.82) is 0 Å². The van der Waals surface area contributed by atoms with Crippen LogP contribution in [0.3, 0.4) is 0 Å². The van der Waals surface area contributed by atoms with E-state index >= 15 is 0 Å². The first kappa shape index (κ1) is 15.8. The predicted molar refractivity (Wildman–Crippen MR) is 77.5 cm³/mol. The van der Waals surface area contributed by atoms with E-state index < -0.39 is 18.0 Å². The second kappa shape index (κ2) is 7.99. The predicted octanol–water partition coefficient (Wildman–Crippen LogP) is 1.95. The first-order valence-electron chi connectivity index (χ1n) is 6.44. The van der Waals surface area contributed by atoms with Gasteiger partial charge in [0.1, 0.15) is 6.04 Å². The summed E-state index contributed by atoms with van der Waals surface area (Å²) < 4.78 is 0. The van der Waals surface area contributed by atoms with Gasteiger partial charge >= 0.3 is 12.0 Å². The van der Waals surface area contributed by atoms with E-state index in [-0.39, 0.29) is 0 Å². The van der Waals surface area contributed by atoms with Crippen LogP contribution < -0.4 is 10.6 Å². The number of benzene rings is 1. The fourth-order valence-corrected chi connectivity index (χ4v) is 1.65. The van der Waals surface area contributed by atoms with E-state index in [1.54, 1.807) is 6.92 Å². The molecule has 0 aromatic heterocycles.